The van der Waals surface area contributed by atoms with Gasteiger partial charge in [0.25, 0.3) is 0 Å². The molecule has 0 aromatic carbocycles. The van der Waals surface area contributed by atoms with Gasteiger partial charge in [-0.25, -0.2) is 0 Å². The molecule has 0 N–H and O–H groups in total. The van der Waals surface area contributed by atoms with Crippen molar-refractivity contribution in [3.8, 4) is 0 Å². The predicted octanol–water partition coefficient (Wildman–Crippen LogP) is 2.63. The summed E-state index contributed by atoms with van der Waals surface area (Å²) in [5.74, 6) is 2.74. The van der Waals surface area contributed by atoms with Crippen LogP contribution in [0, 0.1) is 0 Å². The van der Waals surface area contributed by atoms with Gasteiger partial charge in [-0.05, 0) is 12.2 Å². The molecule has 0 spiro atoms. The minimum Gasteiger partial charge on any atom is -0.161 e. The topological polar surface area (TPSA) is 0 Å². The molecule has 0 amide bonds. The monoisotopic (exact) mass is 162 g/mol. The van der Waals surface area contributed by atoms with Crippen molar-refractivity contribution in [2.75, 3.05) is 11.5 Å². The van der Waals surface area contributed by atoms with E-state index in [4.69, 9.17) is 0 Å². The highest BCUT2D eigenvalue weighted by Crippen LogP contribution is 2.42. The second kappa shape index (κ2) is 3.77. The average Bonchev–Trinajstić information content (AvgIpc) is 2.48. The zero-order valence-corrected chi connectivity index (χ0v) is 7.73. The van der Waals surface area contributed by atoms with E-state index < -0.39 is 0 Å². The molecule has 0 aromatic rings. The van der Waals surface area contributed by atoms with Crippen LogP contribution in [0.15, 0.2) is 0 Å². The summed E-state index contributed by atoms with van der Waals surface area (Å²) in [4.78, 5) is 0. The molecule has 1 aliphatic heterocycles. The summed E-state index contributed by atoms with van der Waals surface area (Å²) in [6.45, 7) is 4.57. The van der Waals surface area contributed by atoms with Gasteiger partial charge in [0.1, 0.15) is 0 Å². The summed E-state index contributed by atoms with van der Waals surface area (Å²) in [6, 6.07) is 0. The van der Waals surface area contributed by atoms with Gasteiger partial charge in [-0.15, -0.1) is 0 Å². The lowest BCUT2D eigenvalue weighted by Gasteiger charge is -1.93. The van der Waals surface area contributed by atoms with Crippen LogP contribution in [0.5, 0.6) is 0 Å². The highest BCUT2D eigenvalue weighted by Gasteiger charge is 2.32. The number of rotatable bonds is 4. The minimum absolute atomic E-state index is 0.967. The highest BCUT2D eigenvalue weighted by molar-refractivity contribution is 8.09. The van der Waals surface area contributed by atoms with Gasteiger partial charge >= 0.3 is 0 Å². The maximum atomic E-state index is 2.32. The zero-order chi connectivity index (χ0) is 6.69. The Morgan fingerprint density at radius 3 is 2.67 bits per heavy atom. The lowest BCUT2D eigenvalue weighted by molar-refractivity contribution is 1.05. The maximum absolute atomic E-state index is 2.32. The summed E-state index contributed by atoms with van der Waals surface area (Å²) in [5, 5.41) is 1.97. The van der Waals surface area contributed by atoms with Crippen LogP contribution in [0.3, 0.4) is 0 Å². The van der Waals surface area contributed by atoms with Crippen LogP contribution in [-0.4, -0.2) is 22.0 Å². The van der Waals surface area contributed by atoms with Crippen LogP contribution in [0.25, 0.3) is 0 Å². The molecule has 0 nitrogen and oxygen atoms in total. The SMILES string of the molecule is CCCSCC1SC1C. The second-order valence-corrected chi connectivity index (χ2v) is 5.23. The molecule has 0 saturated carbocycles. The average molecular weight is 162 g/mol. The fraction of sp³-hybridized carbons (Fsp3) is 1.00. The lowest BCUT2D eigenvalue weighted by Crippen LogP contribution is -1.93. The Morgan fingerprint density at radius 1 is 1.56 bits per heavy atom. The number of hydrogen-bond acceptors (Lipinski definition) is 2. The first-order chi connectivity index (χ1) is 4.34. The van der Waals surface area contributed by atoms with Gasteiger partial charge in [0, 0.05) is 16.3 Å². The summed E-state index contributed by atoms with van der Waals surface area (Å²) in [5.41, 5.74) is 0. The molecule has 2 heteroatoms. The maximum Gasteiger partial charge on any atom is 0.0257 e. The predicted molar refractivity (Wildman–Crippen MR) is 48.5 cm³/mol. The molecule has 1 fully saturated rings. The first-order valence-electron chi connectivity index (χ1n) is 3.57. The smallest absolute Gasteiger partial charge is 0.0257 e. The molecule has 0 aromatic heterocycles. The van der Waals surface area contributed by atoms with Crippen molar-refractivity contribution in [2.45, 2.75) is 30.8 Å². The molecule has 0 aliphatic carbocycles. The fourth-order valence-electron chi connectivity index (χ4n) is 0.749. The third-order valence-electron chi connectivity index (χ3n) is 1.47. The van der Waals surface area contributed by atoms with Crippen LogP contribution < -0.4 is 0 Å². The third-order valence-corrected chi connectivity index (χ3v) is 4.34. The van der Waals surface area contributed by atoms with Crippen LogP contribution >= 0.6 is 23.5 Å². The minimum atomic E-state index is 0.967. The van der Waals surface area contributed by atoms with E-state index in [9.17, 15) is 0 Å². The van der Waals surface area contributed by atoms with Gasteiger partial charge < -0.3 is 0 Å². The Morgan fingerprint density at radius 2 is 2.22 bits per heavy atom. The van der Waals surface area contributed by atoms with Crippen molar-refractivity contribution in [1.29, 1.82) is 0 Å². The van der Waals surface area contributed by atoms with E-state index in [1.165, 1.54) is 17.9 Å². The number of hydrogen-bond donors (Lipinski definition) is 0. The van der Waals surface area contributed by atoms with Crippen molar-refractivity contribution in [3.63, 3.8) is 0 Å². The first kappa shape index (κ1) is 7.80. The van der Waals surface area contributed by atoms with Crippen molar-refractivity contribution in [2.24, 2.45) is 0 Å². The molecular formula is C7H14S2. The van der Waals surface area contributed by atoms with E-state index in [1.54, 1.807) is 0 Å². The lowest BCUT2D eigenvalue weighted by atomic mass is 10.4. The molecule has 9 heavy (non-hydrogen) atoms. The molecule has 2 unspecified atom stereocenters. The summed E-state index contributed by atoms with van der Waals surface area (Å²) in [6.07, 6.45) is 1.33. The molecular weight excluding hydrogens is 148 g/mol. The molecule has 2 atom stereocenters. The van der Waals surface area contributed by atoms with Gasteiger partial charge in [-0.3, -0.25) is 0 Å². The van der Waals surface area contributed by atoms with Crippen molar-refractivity contribution < 1.29 is 0 Å². The van der Waals surface area contributed by atoms with Crippen molar-refractivity contribution >= 4 is 23.5 Å². The van der Waals surface area contributed by atoms with E-state index in [0.717, 1.165) is 10.5 Å². The second-order valence-electron chi connectivity index (χ2n) is 2.45. The summed E-state index contributed by atoms with van der Waals surface area (Å²) >= 11 is 4.23. The Kier molecular flexibility index (Phi) is 3.27. The van der Waals surface area contributed by atoms with Gasteiger partial charge in [0.2, 0.25) is 0 Å². The Bertz CT molecular complexity index is 83.0. The molecule has 0 radical (unpaired) electrons. The van der Waals surface area contributed by atoms with Crippen LogP contribution in [0.1, 0.15) is 20.3 Å². The molecule has 1 heterocycles. The van der Waals surface area contributed by atoms with Gasteiger partial charge in [-0.1, -0.05) is 13.8 Å². The Balaban J connectivity index is 1.83. The van der Waals surface area contributed by atoms with Gasteiger partial charge in [0.05, 0.1) is 0 Å². The van der Waals surface area contributed by atoms with E-state index in [2.05, 4.69) is 37.4 Å². The number of thioether (sulfide) groups is 2. The van der Waals surface area contributed by atoms with E-state index in [0.29, 0.717) is 0 Å². The molecule has 1 aliphatic rings. The summed E-state index contributed by atoms with van der Waals surface area (Å²) in [7, 11) is 0. The largest absolute Gasteiger partial charge is 0.161 e. The Labute approximate surface area is 66.2 Å². The fourth-order valence-corrected chi connectivity index (χ4v) is 3.01. The standard InChI is InChI=1S/C7H14S2/c1-3-4-8-5-7-6(2)9-7/h6-7H,3-5H2,1-2H3. The van der Waals surface area contributed by atoms with Crippen LogP contribution in [0.2, 0.25) is 0 Å². The zero-order valence-electron chi connectivity index (χ0n) is 6.09. The quantitative estimate of drug-likeness (QED) is 0.460. The van der Waals surface area contributed by atoms with Crippen LogP contribution in [-0.2, 0) is 0 Å². The van der Waals surface area contributed by atoms with Gasteiger partial charge in [0.15, 0.2) is 0 Å². The molecule has 54 valence electrons. The van der Waals surface area contributed by atoms with E-state index in [1.807, 2.05) is 0 Å². The normalized spacial score (nSPS) is 32.7. The first-order valence-corrected chi connectivity index (χ1v) is 5.67. The highest BCUT2D eigenvalue weighted by atomic mass is 32.2. The van der Waals surface area contributed by atoms with Crippen molar-refractivity contribution in [3.05, 3.63) is 0 Å². The van der Waals surface area contributed by atoms with Gasteiger partial charge in [-0.2, -0.15) is 23.5 Å². The van der Waals surface area contributed by atoms with E-state index in [-0.39, 0.29) is 0 Å². The third kappa shape index (κ3) is 2.85. The molecule has 1 saturated heterocycles. The Hall–Kier alpha value is 0.700. The van der Waals surface area contributed by atoms with Crippen LogP contribution in [0.4, 0.5) is 0 Å². The van der Waals surface area contributed by atoms with E-state index >= 15 is 0 Å². The molecule has 1 rings (SSSR count). The molecule has 0 bridgehead atoms. The summed E-state index contributed by atoms with van der Waals surface area (Å²) < 4.78 is 0. The van der Waals surface area contributed by atoms with Crippen molar-refractivity contribution in [1.82, 2.24) is 0 Å².